The van der Waals surface area contributed by atoms with Crippen LogP contribution in [0.3, 0.4) is 0 Å². The fraction of sp³-hybridized carbons (Fsp3) is 0.611. The van der Waals surface area contributed by atoms with Crippen LogP contribution in [0.15, 0.2) is 30.6 Å². The average molecular weight is 285 g/mol. The Kier molecular flexibility index (Phi) is 4.91. The molecule has 3 nitrogen and oxygen atoms in total. The first kappa shape index (κ1) is 14.6. The maximum Gasteiger partial charge on any atom is 0.0958 e. The molecule has 0 bridgehead atoms. The first-order chi connectivity index (χ1) is 10.4. The van der Waals surface area contributed by atoms with Gasteiger partial charge in [-0.05, 0) is 37.4 Å². The van der Waals surface area contributed by atoms with Gasteiger partial charge in [0, 0.05) is 12.6 Å². The van der Waals surface area contributed by atoms with Gasteiger partial charge in [-0.2, -0.15) is 0 Å². The Labute approximate surface area is 127 Å². The van der Waals surface area contributed by atoms with E-state index in [2.05, 4.69) is 46.1 Å². The molecule has 1 aliphatic carbocycles. The normalized spacial score (nSPS) is 17.6. The zero-order valence-corrected chi connectivity index (χ0v) is 13.1. The smallest absolute Gasteiger partial charge is 0.0958 e. The number of imidazole rings is 1. The lowest BCUT2D eigenvalue weighted by atomic mass is 9.98. The third-order valence-corrected chi connectivity index (χ3v) is 4.72. The van der Waals surface area contributed by atoms with E-state index in [4.69, 9.17) is 0 Å². The molecule has 3 heteroatoms. The molecule has 1 aliphatic rings. The van der Waals surface area contributed by atoms with Gasteiger partial charge in [0.2, 0.25) is 0 Å². The predicted octanol–water partition coefficient (Wildman–Crippen LogP) is 3.98. The van der Waals surface area contributed by atoms with Crippen molar-refractivity contribution >= 4 is 11.0 Å². The third kappa shape index (κ3) is 3.65. The lowest BCUT2D eigenvalue weighted by Gasteiger charge is -2.22. The quantitative estimate of drug-likeness (QED) is 0.833. The Morgan fingerprint density at radius 3 is 2.90 bits per heavy atom. The van der Waals surface area contributed by atoms with Gasteiger partial charge in [0.05, 0.1) is 17.4 Å². The Morgan fingerprint density at radius 1 is 1.29 bits per heavy atom. The van der Waals surface area contributed by atoms with Gasteiger partial charge in [0.15, 0.2) is 0 Å². The molecule has 114 valence electrons. The fourth-order valence-corrected chi connectivity index (χ4v) is 3.61. The molecule has 1 atom stereocenters. The van der Waals surface area contributed by atoms with Crippen molar-refractivity contribution in [2.75, 3.05) is 6.54 Å². The van der Waals surface area contributed by atoms with Crippen molar-refractivity contribution in [1.82, 2.24) is 14.9 Å². The van der Waals surface area contributed by atoms with Crippen molar-refractivity contribution in [3.63, 3.8) is 0 Å². The number of para-hydroxylation sites is 2. The Bertz CT molecular complexity index is 554. The summed E-state index contributed by atoms with van der Waals surface area (Å²) < 4.78 is 2.32. The molecule has 3 rings (SSSR count). The minimum atomic E-state index is 0.575. The van der Waals surface area contributed by atoms with Gasteiger partial charge in [-0.25, -0.2) is 4.98 Å². The molecule has 21 heavy (non-hydrogen) atoms. The molecular formula is C18H27N3. The Hall–Kier alpha value is -1.35. The molecule has 2 aromatic rings. The Morgan fingerprint density at radius 2 is 2.10 bits per heavy atom. The van der Waals surface area contributed by atoms with Crippen molar-refractivity contribution in [2.24, 2.45) is 5.92 Å². The van der Waals surface area contributed by atoms with E-state index in [1.807, 2.05) is 6.33 Å². The summed E-state index contributed by atoms with van der Waals surface area (Å²) in [6.07, 6.45) is 10.2. The maximum absolute atomic E-state index is 4.52. The van der Waals surface area contributed by atoms with E-state index >= 15 is 0 Å². The monoisotopic (exact) mass is 285 g/mol. The summed E-state index contributed by atoms with van der Waals surface area (Å²) in [7, 11) is 0. The molecule has 1 aromatic heterocycles. The predicted molar refractivity (Wildman–Crippen MR) is 88.4 cm³/mol. The lowest BCUT2D eigenvalue weighted by Crippen LogP contribution is -2.35. The first-order valence-electron chi connectivity index (χ1n) is 8.50. The largest absolute Gasteiger partial charge is 0.329 e. The maximum atomic E-state index is 4.52. The van der Waals surface area contributed by atoms with Crippen LogP contribution in [-0.2, 0) is 6.54 Å². The van der Waals surface area contributed by atoms with Crippen LogP contribution >= 0.6 is 0 Å². The van der Waals surface area contributed by atoms with E-state index in [-0.39, 0.29) is 0 Å². The van der Waals surface area contributed by atoms with Crippen LogP contribution in [0.1, 0.15) is 45.4 Å². The van der Waals surface area contributed by atoms with E-state index in [1.54, 1.807) is 0 Å². The zero-order valence-electron chi connectivity index (χ0n) is 13.1. The fourth-order valence-electron chi connectivity index (χ4n) is 3.61. The van der Waals surface area contributed by atoms with Gasteiger partial charge in [0.1, 0.15) is 0 Å². The first-order valence-corrected chi connectivity index (χ1v) is 8.50. The summed E-state index contributed by atoms with van der Waals surface area (Å²) in [5.41, 5.74) is 2.36. The highest BCUT2D eigenvalue weighted by Crippen LogP contribution is 2.29. The van der Waals surface area contributed by atoms with Crippen molar-refractivity contribution < 1.29 is 0 Å². The van der Waals surface area contributed by atoms with E-state index in [0.717, 1.165) is 24.5 Å². The highest BCUT2D eigenvalue weighted by atomic mass is 15.1. The molecule has 1 aromatic carbocycles. The molecule has 0 radical (unpaired) electrons. The SMILES string of the molecule is CCCNC(CC1CCCC1)Cn1cnc2ccccc21. The second kappa shape index (κ2) is 7.08. The highest BCUT2D eigenvalue weighted by molar-refractivity contribution is 5.74. The van der Waals surface area contributed by atoms with Crippen LogP contribution < -0.4 is 5.32 Å². The second-order valence-corrected chi connectivity index (χ2v) is 6.42. The topological polar surface area (TPSA) is 29.9 Å². The number of benzene rings is 1. The van der Waals surface area contributed by atoms with Gasteiger partial charge in [-0.15, -0.1) is 0 Å². The van der Waals surface area contributed by atoms with Gasteiger partial charge in [-0.3, -0.25) is 0 Å². The van der Waals surface area contributed by atoms with E-state index in [0.29, 0.717) is 6.04 Å². The summed E-state index contributed by atoms with van der Waals surface area (Å²) in [4.78, 5) is 4.52. The average Bonchev–Trinajstić information content (AvgIpc) is 3.15. The van der Waals surface area contributed by atoms with E-state index in [9.17, 15) is 0 Å². The summed E-state index contributed by atoms with van der Waals surface area (Å²) in [5, 5.41) is 3.75. The van der Waals surface area contributed by atoms with Gasteiger partial charge < -0.3 is 9.88 Å². The molecule has 1 unspecified atom stereocenters. The molecule has 1 saturated carbocycles. The number of nitrogens with zero attached hydrogens (tertiary/aromatic N) is 2. The lowest BCUT2D eigenvalue weighted by molar-refractivity contribution is 0.356. The molecule has 0 amide bonds. The third-order valence-electron chi connectivity index (χ3n) is 4.72. The van der Waals surface area contributed by atoms with Crippen molar-refractivity contribution in [3.05, 3.63) is 30.6 Å². The summed E-state index contributed by atoms with van der Waals surface area (Å²) >= 11 is 0. The van der Waals surface area contributed by atoms with Crippen molar-refractivity contribution in [2.45, 2.75) is 58.0 Å². The van der Waals surface area contributed by atoms with Crippen LogP contribution in [0.2, 0.25) is 0 Å². The number of aromatic nitrogens is 2. The summed E-state index contributed by atoms with van der Waals surface area (Å²) in [6.45, 7) is 4.40. The number of hydrogen-bond acceptors (Lipinski definition) is 2. The minimum absolute atomic E-state index is 0.575. The van der Waals surface area contributed by atoms with Crippen LogP contribution in [0.4, 0.5) is 0 Å². The molecule has 1 fully saturated rings. The van der Waals surface area contributed by atoms with Crippen molar-refractivity contribution in [1.29, 1.82) is 0 Å². The summed E-state index contributed by atoms with van der Waals surface area (Å²) in [5.74, 6) is 0.925. The van der Waals surface area contributed by atoms with Crippen LogP contribution in [0, 0.1) is 5.92 Å². The minimum Gasteiger partial charge on any atom is -0.329 e. The molecular weight excluding hydrogens is 258 g/mol. The standard InChI is InChI=1S/C18H27N3/c1-2-11-19-16(12-15-7-3-4-8-15)13-21-14-20-17-9-5-6-10-18(17)21/h5-6,9-10,14-16,19H,2-4,7-8,11-13H2,1H3. The van der Waals surface area contributed by atoms with Gasteiger partial charge >= 0.3 is 0 Å². The van der Waals surface area contributed by atoms with Crippen molar-refractivity contribution in [3.8, 4) is 0 Å². The van der Waals surface area contributed by atoms with Crippen LogP contribution in [0.25, 0.3) is 11.0 Å². The zero-order chi connectivity index (χ0) is 14.5. The number of hydrogen-bond donors (Lipinski definition) is 1. The molecule has 0 aliphatic heterocycles. The van der Waals surface area contributed by atoms with E-state index < -0.39 is 0 Å². The number of nitrogens with one attached hydrogen (secondary N) is 1. The summed E-state index contributed by atoms with van der Waals surface area (Å²) in [6, 6.07) is 9.01. The van der Waals surface area contributed by atoms with Gasteiger partial charge in [-0.1, -0.05) is 44.7 Å². The van der Waals surface area contributed by atoms with Crippen LogP contribution in [0.5, 0.6) is 0 Å². The number of rotatable bonds is 7. The molecule has 0 saturated heterocycles. The number of fused-ring (bicyclic) bond motifs is 1. The molecule has 1 heterocycles. The highest BCUT2D eigenvalue weighted by Gasteiger charge is 2.20. The second-order valence-electron chi connectivity index (χ2n) is 6.42. The molecule has 1 N–H and O–H groups in total. The van der Waals surface area contributed by atoms with Crippen LogP contribution in [-0.4, -0.2) is 22.1 Å². The van der Waals surface area contributed by atoms with E-state index in [1.165, 1.54) is 44.0 Å². The van der Waals surface area contributed by atoms with Gasteiger partial charge in [0.25, 0.3) is 0 Å². The molecule has 0 spiro atoms. The Balaban J connectivity index is 1.70.